The summed E-state index contributed by atoms with van der Waals surface area (Å²) in [5, 5.41) is 9.10. The summed E-state index contributed by atoms with van der Waals surface area (Å²) in [6.45, 7) is 1.89. The number of pyridine rings is 1. The quantitative estimate of drug-likeness (QED) is 0.833. The van der Waals surface area contributed by atoms with Crippen molar-refractivity contribution in [3.8, 4) is 0 Å². The van der Waals surface area contributed by atoms with E-state index < -0.39 is 5.97 Å². The lowest BCUT2D eigenvalue weighted by Gasteiger charge is -2.10. The van der Waals surface area contributed by atoms with E-state index in [1.54, 1.807) is 11.8 Å². The van der Waals surface area contributed by atoms with E-state index in [2.05, 4.69) is 4.98 Å². The van der Waals surface area contributed by atoms with Gasteiger partial charge < -0.3 is 5.11 Å². The maximum absolute atomic E-state index is 11.1. The van der Waals surface area contributed by atoms with Crippen LogP contribution in [0.2, 0.25) is 0 Å². The summed E-state index contributed by atoms with van der Waals surface area (Å²) in [5.41, 5.74) is 1.21. The predicted molar refractivity (Wildman–Crippen MR) is 68.6 cm³/mol. The van der Waals surface area contributed by atoms with Gasteiger partial charge in [-0.05, 0) is 31.7 Å². The normalized spacial score (nSPS) is 16.3. The molecule has 1 aromatic heterocycles. The molecule has 92 valence electrons. The molecule has 0 unspecified atom stereocenters. The Bertz CT molecular complexity index is 414. The Morgan fingerprint density at radius 1 is 1.53 bits per heavy atom. The molecule has 3 nitrogen and oxygen atoms in total. The summed E-state index contributed by atoms with van der Waals surface area (Å²) < 4.78 is 0. The number of hydrogen-bond acceptors (Lipinski definition) is 3. The number of carboxylic acids is 1. The largest absolute Gasteiger partial charge is 0.478 e. The Balaban J connectivity index is 2.07. The van der Waals surface area contributed by atoms with Crippen molar-refractivity contribution in [3.63, 3.8) is 0 Å². The lowest BCUT2D eigenvalue weighted by Crippen LogP contribution is -2.03. The van der Waals surface area contributed by atoms with Crippen molar-refractivity contribution in [2.75, 3.05) is 5.75 Å². The van der Waals surface area contributed by atoms with Crippen molar-refractivity contribution < 1.29 is 9.90 Å². The van der Waals surface area contributed by atoms with Gasteiger partial charge in [-0.15, -0.1) is 11.8 Å². The molecule has 0 amide bonds. The van der Waals surface area contributed by atoms with E-state index >= 15 is 0 Å². The van der Waals surface area contributed by atoms with Gasteiger partial charge in [0, 0.05) is 22.5 Å². The van der Waals surface area contributed by atoms with Crippen LogP contribution in [0.15, 0.2) is 17.2 Å². The molecule has 0 bridgehead atoms. The monoisotopic (exact) mass is 251 g/mol. The zero-order valence-corrected chi connectivity index (χ0v) is 10.8. The first-order valence-electron chi connectivity index (χ1n) is 5.99. The number of thioether (sulfide) groups is 1. The van der Waals surface area contributed by atoms with Crippen LogP contribution in [0.1, 0.15) is 41.7 Å². The highest BCUT2D eigenvalue weighted by Gasteiger charge is 2.17. The molecule has 4 heteroatoms. The molecule has 17 heavy (non-hydrogen) atoms. The third kappa shape index (κ3) is 3.22. The van der Waals surface area contributed by atoms with Crippen LogP contribution < -0.4 is 0 Å². The summed E-state index contributed by atoms with van der Waals surface area (Å²) in [4.78, 5) is 16.0. The van der Waals surface area contributed by atoms with Gasteiger partial charge in [0.05, 0.1) is 5.56 Å². The van der Waals surface area contributed by atoms with Crippen molar-refractivity contribution >= 4 is 17.7 Å². The molecular formula is C13H17NO2S. The van der Waals surface area contributed by atoms with Gasteiger partial charge >= 0.3 is 5.97 Å². The van der Waals surface area contributed by atoms with Gasteiger partial charge in [0.25, 0.3) is 0 Å². The zero-order chi connectivity index (χ0) is 12.3. The molecular weight excluding hydrogens is 234 g/mol. The second-order valence-corrected chi connectivity index (χ2v) is 5.65. The fourth-order valence-electron chi connectivity index (χ4n) is 2.20. The molecule has 0 spiro atoms. The summed E-state index contributed by atoms with van der Waals surface area (Å²) >= 11 is 1.67. The maximum Gasteiger partial charge on any atom is 0.338 e. The summed E-state index contributed by atoms with van der Waals surface area (Å²) in [6, 6.07) is 1.88. The van der Waals surface area contributed by atoms with Crippen molar-refractivity contribution in [1.82, 2.24) is 4.98 Å². The Morgan fingerprint density at radius 3 is 2.88 bits per heavy atom. The fraction of sp³-hybridized carbons (Fsp3) is 0.538. The van der Waals surface area contributed by atoms with Crippen molar-refractivity contribution in [1.29, 1.82) is 0 Å². The average molecular weight is 251 g/mol. The fourth-order valence-corrected chi connectivity index (χ4v) is 3.50. The molecule has 0 aliphatic heterocycles. The molecule has 0 aromatic carbocycles. The van der Waals surface area contributed by atoms with Crippen LogP contribution >= 0.6 is 11.8 Å². The number of carbonyl (C=O) groups is 1. The van der Waals surface area contributed by atoms with Gasteiger partial charge in [-0.25, -0.2) is 4.79 Å². The third-order valence-electron chi connectivity index (χ3n) is 3.18. The van der Waals surface area contributed by atoms with Crippen molar-refractivity contribution in [2.45, 2.75) is 37.5 Å². The van der Waals surface area contributed by atoms with Gasteiger partial charge in [0.2, 0.25) is 0 Å². The lowest BCUT2D eigenvalue weighted by atomic mass is 10.1. The first-order valence-corrected chi connectivity index (χ1v) is 6.98. The number of hydrogen-bond donors (Lipinski definition) is 1. The van der Waals surface area contributed by atoms with Crippen LogP contribution in [0, 0.1) is 12.8 Å². The van der Waals surface area contributed by atoms with E-state index in [1.807, 2.05) is 13.0 Å². The first kappa shape index (κ1) is 12.4. The number of carboxylic acid groups (broad SMARTS) is 1. The van der Waals surface area contributed by atoms with Gasteiger partial charge in [-0.2, -0.15) is 0 Å². The summed E-state index contributed by atoms with van der Waals surface area (Å²) in [6.07, 6.45) is 6.70. The number of aryl methyl sites for hydroxylation is 1. The minimum Gasteiger partial charge on any atom is -0.478 e. The smallest absolute Gasteiger partial charge is 0.338 e. The molecule has 1 fully saturated rings. The molecule has 1 aliphatic rings. The Kier molecular flexibility index (Phi) is 4.05. The van der Waals surface area contributed by atoms with E-state index in [4.69, 9.17) is 5.11 Å². The standard InChI is InChI=1S/C13H17NO2S/c1-9-6-12(11(7-14-9)13(15)16)17-8-10-4-2-3-5-10/h6-7,10H,2-5,8H2,1H3,(H,15,16). The van der Waals surface area contributed by atoms with Crippen LogP contribution in [-0.4, -0.2) is 21.8 Å². The summed E-state index contributed by atoms with van der Waals surface area (Å²) in [5.74, 6) is 0.908. The summed E-state index contributed by atoms with van der Waals surface area (Å²) in [7, 11) is 0. The number of nitrogens with zero attached hydrogens (tertiary/aromatic N) is 1. The van der Waals surface area contributed by atoms with Gasteiger partial charge in [-0.1, -0.05) is 12.8 Å². The highest BCUT2D eigenvalue weighted by Crippen LogP contribution is 2.32. The molecule has 2 rings (SSSR count). The Labute approximate surface area is 106 Å². The minimum absolute atomic E-state index is 0.332. The van der Waals surface area contributed by atoms with E-state index in [0.29, 0.717) is 5.56 Å². The van der Waals surface area contributed by atoms with Crippen LogP contribution in [-0.2, 0) is 0 Å². The Hall–Kier alpha value is -1.03. The molecule has 1 N–H and O–H groups in total. The second-order valence-electron chi connectivity index (χ2n) is 4.59. The van der Waals surface area contributed by atoms with Crippen LogP contribution in [0.4, 0.5) is 0 Å². The topological polar surface area (TPSA) is 50.2 Å². The van der Waals surface area contributed by atoms with Crippen LogP contribution in [0.3, 0.4) is 0 Å². The number of aromatic carboxylic acids is 1. The average Bonchev–Trinajstić information content (AvgIpc) is 2.78. The molecule has 1 aromatic rings. The van der Waals surface area contributed by atoms with Crippen LogP contribution in [0.5, 0.6) is 0 Å². The van der Waals surface area contributed by atoms with E-state index in [0.717, 1.165) is 22.3 Å². The van der Waals surface area contributed by atoms with E-state index in [1.165, 1.54) is 31.9 Å². The molecule has 1 aliphatic carbocycles. The van der Waals surface area contributed by atoms with Crippen molar-refractivity contribution in [2.24, 2.45) is 5.92 Å². The van der Waals surface area contributed by atoms with Crippen molar-refractivity contribution in [3.05, 3.63) is 23.5 Å². The molecule has 1 saturated carbocycles. The van der Waals surface area contributed by atoms with Gasteiger partial charge in [-0.3, -0.25) is 4.98 Å². The van der Waals surface area contributed by atoms with Crippen LogP contribution in [0.25, 0.3) is 0 Å². The molecule has 0 radical (unpaired) electrons. The first-order chi connectivity index (χ1) is 8.16. The lowest BCUT2D eigenvalue weighted by molar-refractivity contribution is 0.0692. The zero-order valence-electron chi connectivity index (χ0n) is 9.98. The molecule has 0 saturated heterocycles. The maximum atomic E-state index is 11.1. The Morgan fingerprint density at radius 2 is 2.24 bits per heavy atom. The molecule has 1 heterocycles. The minimum atomic E-state index is -0.883. The highest BCUT2D eigenvalue weighted by molar-refractivity contribution is 7.99. The van der Waals surface area contributed by atoms with Gasteiger partial charge in [0.1, 0.15) is 0 Å². The number of rotatable bonds is 4. The van der Waals surface area contributed by atoms with Gasteiger partial charge in [0.15, 0.2) is 0 Å². The highest BCUT2D eigenvalue weighted by atomic mass is 32.2. The predicted octanol–water partition coefficient (Wildman–Crippen LogP) is 3.37. The third-order valence-corrected chi connectivity index (χ3v) is 4.47. The molecule has 0 atom stereocenters. The second kappa shape index (κ2) is 5.54. The SMILES string of the molecule is Cc1cc(SCC2CCCC2)c(C(=O)O)cn1. The van der Waals surface area contributed by atoms with E-state index in [-0.39, 0.29) is 0 Å². The number of aromatic nitrogens is 1. The van der Waals surface area contributed by atoms with E-state index in [9.17, 15) is 4.79 Å².